The maximum atomic E-state index is 12.7. The summed E-state index contributed by atoms with van der Waals surface area (Å²) in [7, 11) is 0. The smallest absolute Gasteiger partial charge is 0.307 e. The highest BCUT2D eigenvalue weighted by Gasteiger charge is 2.75. The Labute approximate surface area is 186 Å². The van der Waals surface area contributed by atoms with E-state index in [0.29, 0.717) is 35.5 Å². The molecule has 172 valence electrons. The molecule has 8 atom stereocenters. The van der Waals surface area contributed by atoms with Crippen LogP contribution in [0.15, 0.2) is 11.6 Å². The number of hydrogen-bond acceptors (Lipinski definition) is 1. The predicted molar refractivity (Wildman–Crippen MR) is 126 cm³/mol. The molecule has 3 saturated carbocycles. The van der Waals surface area contributed by atoms with Crippen molar-refractivity contribution in [1.29, 1.82) is 0 Å². The van der Waals surface area contributed by atoms with Gasteiger partial charge in [0.05, 0.1) is 5.92 Å². The van der Waals surface area contributed by atoms with Crippen molar-refractivity contribution in [2.24, 2.45) is 64.6 Å². The third-order valence-electron chi connectivity index (χ3n) is 9.47. The fraction of sp³-hybridized carbons (Fsp3) is 0.893. The fourth-order valence-electron chi connectivity index (χ4n) is 8.21. The molecule has 0 aromatic rings. The van der Waals surface area contributed by atoms with Gasteiger partial charge in [-0.3, -0.25) is 4.79 Å². The van der Waals surface area contributed by atoms with E-state index in [1.807, 2.05) is 0 Å². The van der Waals surface area contributed by atoms with Crippen LogP contribution in [0, 0.1) is 64.6 Å². The molecule has 3 fully saturated rings. The Morgan fingerprint density at radius 2 is 1.30 bits per heavy atom. The lowest BCUT2D eigenvalue weighted by Crippen LogP contribution is -2.45. The standard InChI is InChI=1S/C28H48O2/c1-16(2)13-25-26(27(29)30)28(25,23-14-19(7)9-11-21(23)17(3)4)24-15-20(8)10-12-22(24)18(5)6/h13,17-26H,9-12,14-15H2,1-8H3,(H,29,30). The van der Waals surface area contributed by atoms with E-state index >= 15 is 0 Å². The zero-order chi connectivity index (χ0) is 22.4. The predicted octanol–water partition coefficient (Wildman–Crippen LogP) is 7.69. The molecule has 0 radical (unpaired) electrons. The Balaban J connectivity index is 2.16. The van der Waals surface area contributed by atoms with E-state index in [4.69, 9.17) is 0 Å². The topological polar surface area (TPSA) is 37.3 Å². The van der Waals surface area contributed by atoms with Crippen LogP contribution in [0.1, 0.15) is 93.9 Å². The van der Waals surface area contributed by atoms with E-state index in [-0.39, 0.29) is 17.3 Å². The Bertz CT molecular complexity index is 609. The molecule has 0 heterocycles. The zero-order valence-electron chi connectivity index (χ0n) is 20.9. The number of carboxylic acids is 1. The summed E-state index contributed by atoms with van der Waals surface area (Å²) in [6.45, 7) is 18.7. The minimum Gasteiger partial charge on any atom is -0.481 e. The summed E-state index contributed by atoms with van der Waals surface area (Å²) in [5.74, 6) is 4.70. The second kappa shape index (κ2) is 8.99. The first-order valence-electron chi connectivity index (χ1n) is 12.9. The van der Waals surface area contributed by atoms with Gasteiger partial charge in [0.15, 0.2) is 0 Å². The van der Waals surface area contributed by atoms with Gasteiger partial charge in [-0.1, -0.05) is 66.0 Å². The summed E-state index contributed by atoms with van der Waals surface area (Å²) in [6.07, 6.45) is 10.0. The van der Waals surface area contributed by atoms with Crippen molar-refractivity contribution >= 4 is 5.97 Å². The molecule has 0 aromatic carbocycles. The molecule has 8 unspecified atom stereocenters. The van der Waals surface area contributed by atoms with Gasteiger partial charge in [0.1, 0.15) is 0 Å². The highest BCUT2D eigenvalue weighted by atomic mass is 16.4. The molecule has 0 aromatic heterocycles. The molecule has 3 aliphatic carbocycles. The third-order valence-corrected chi connectivity index (χ3v) is 9.47. The van der Waals surface area contributed by atoms with Gasteiger partial charge in [0, 0.05) is 0 Å². The van der Waals surface area contributed by atoms with Gasteiger partial charge in [-0.05, 0) is 98.2 Å². The van der Waals surface area contributed by atoms with Crippen molar-refractivity contribution in [3.05, 3.63) is 11.6 Å². The van der Waals surface area contributed by atoms with Gasteiger partial charge >= 0.3 is 5.97 Å². The van der Waals surface area contributed by atoms with Crippen molar-refractivity contribution in [2.45, 2.75) is 93.9 Å². The number of hydrogen-bond donors (Lipinski definition) is 1. The average Bonchev–Trinajstić information content (AvgIpc) is 3.29. The Kier molecular flexibility index (Phi) is 7.15. The minimum absolute atomic E-state index is 0.0314. The van der Waals surface area contributed by atoms with Gasteiger partial charge < -0.3 is 5.11 Å². The van der Waals surface area contributed by atoms with E-state index in [2.05, 4.69) is 61.5 Å². The van der Waals surface area contributed by atoms with E-state index in [1.165, 1.54) is 44.1 Å². The van der Waals surface area contributed by atoms with Crippen LogP contribution in [0.5, 0.6) is 0 Å². The second-order valence-corrected chi connectivity index (χ2v) is 12.5. The number of carboxylic acid groups (broad SMARTS) is 1. The summed E-state index contributed by atoms with van der Waals surface area (Å²) in [5.41, 5.74) is 1.26. The molecule has 0 bridgehead atoms. The highest BCUT2D eigenvalue weighted by Crippen LogP contribution is 2.75. The average molecular weight is 417 g/mol. The van der Waals surface area contributed by atoms with Crippen LogP contribution in [0.2, 0.25) is 0 Å². The van der Waals surface area contributed by atoms with Gasteiger partial charge in [-0.15, -0.1) is 0 Å². The van der Waals surface area contributed by atoms with Crippen LogP contribution in [0.3, 0.4) is 0 Å². The van der Waals surface area contributed by atoms with E-state index < -0.39 is 5.97 Å². The summed E-state index contributed by atoms with van der Waals surface area (Å²) < 4.78 is 0. The number of allylic oxidation sites excluding steroid dienone is 2. The molecule has 30 heavy (non-hydrogen) atoms. The molecular formula is C28H48O2. The van der Waals surface area contributed by atoms with Gasteiger partial charge in [-0.2, -0.15) is 0 Å². The van der Waals surface area contributed by atoms with Crippen molar-refractivity contribution < 1.29 is 9.90 Å². The molecule has 3 aliphatic rings. The first kappa shape index (κ1) is 23.9. The molecule has 0 aliphatic heterocycles. The lowest BCUT2D eigenvalue weighted by molar-refractivity contribution is -0.141. The van der Waals surface area contributed by atoms with E-state index in [0.717, 1.165) is 11.8 Å². The lowest BCUT2D eigenvalue weighted by Gasteiger charge is -2.51. The fourth-order valence-corrected chi connectivity index (χ4v) is 8.21. The van der Waals surface area contributed by atoms with Gasteiger partial charge in [0.2, 0.25) is 0 Å². The Morgan fingerprint density at radius 1 is 0.867 bits per heavy atom. The summed E-state index contributed by atoms with van der Waals surface area (Å²) in [5, 5.41) is 10.5. The molecule has 0 amide bonds. The summed E-state index contributed by atoms with van der Waals surface area (Å²) in [4.78, 5) is 12.7. The monoisotopic (exact) mass is 416 g/mol. The SMILES string of the molecule is CC(C)=CC1C(C(=O)O)C1(C1CC(C)CCC1C(C)C)C1CC(C)CCC1C(C)C. The summed E-state index contributed by atoms with van der Waals surface area (Å²) >= 11 is 0. The van der Waals surface area contributed by atoms with E-state index in [9.17, 15) is 9.90 Å². The van der Waals surface area contributed by atoms with Crippen molar-refractivity contribution in [2.75, 3.05) is 0 Å². The Morgan fingerprint density at radius 3 is 1.63 bits per heavy atom. The van der Waals surface area contributed by atoms with Crippen molar-refractivity contribution in [1.82, 2.24) is 0 Å². The molecule has 2 nitrogen and oxygen atoms in total. The Hall–Kier alpha value is -0.790. The van der Waals surface area contributed by atoms with Crippen molar-refractivity contribution in [3.63, 3.8) is 0 Å². The first-order chi connectivity index (χ1) is 14.0. The number of aliphatic carboxylic acids is 1. The van der Waals surface area contributed by atoms with Crippen LogP contribution in [0.25, 0.3) is 0 Å². The zero-order valence-corrected chi connectivity index (χ0v) is 20.9. The van der Waals surface area contributed by atoms with Crippen LogP contribution in [0.4, 0.5) is 0 Å². The lowest BCUT2D eigenvalue weighted by atomic mass is 9.54. The van der Waals surface area contributed by atoms with E-state index in [1.54, 1.807) is 0 Å². The first-order valence-corrected chi connectivity index (χ1v) is 12.9. The van der Waals surface area contributed by atoms with Crippen molar-refractivity contribution in [3.8, 4) is 0 Å². The maximum absolute atomic E-state index is 12.7. The molecule has 0 saturated heterocycles. The number of rotatable bonds is 6. The second-order valence-electron chi connectivity index (χ2n) is 12.5. The van der Waals surface area contributed by atoms with Crippen LogP contribution in [-0.4, -0.2) is 11.1 Å². The summed E-state index contributed by atoms with van der Waals surface area (Å²) in [6, 6.07) is 0. The van der Waals surface area contributed by atoms with Crippen LogP contribution < -0.4 is 0 Å². The van der Waals surface area contributed by atoms with Crippen LogP contribution in [-0.2, 0) is 4.79 Å². The largest absolute Gasteiger partial charge is 0.481 e. The molecule has 2 heteroatoms. The maximum Gasteiger partial charge on any atom is 0.307 e. The van der Waals surface area contributed by atoms with Gasteiger partial charge in [-0.25, -0.2) is 0 Å². The molecule has 3 rings (SSSR count). The molecule has 1 N–H and O–H groups in total. The van der Waals surface area contributed by atoms with Gasteiger partial charge in [0.25, 0.3) is 0 Å². The normalized spacial score (nSPS) is 44.2. The number of carbonyl (C=O) groups is 1. The highest BCUT2D eigenvalue weighted by molar-refractivity contribution is 5.77. The quantitative estimate of drug-likeness (QED) is 0.451. The molecular weight excluding hydrogens is 368 g/mol. The van der Waals surface area contributed by atoms with Crippen LogP contribution >= 0.6 is 0 Å². The minimum atomic E-state index is -0.529. The third kappa shape index (κ3) is 4.14. The molecule has 0 spiro atoms.